The Morgan fingerprint density at radius 3 is 2.29 bits per heavy atom. The average molecular weight is 508 g/mol. The number of hydrogen-bond acceptors (Lipinski definition) is 6. The number of nitrogens with zero attached hydrogens (tertiary/aromatic N) is 3. The molecule has 9 nitrogen and oxygen atoms in total. The molecule has 186 valence electrons. The first-order chi connectivity index (χ1) is 16.6. The number of rotatable bonds is 6. The maximum atomic E-state index is 15.6. The lowest BCUT2D eigenvalue weighted by atomic mass is 10.1. The van der Waals surface area contributed by atoms with E-state index in [1.165, 1.54) is 45.1 Å². The number of anilines is 1. The molecule has 1 aromatic heterocycles. The van der Waals surface area contributed by atoms with E-state index in [9.17, 15) is 23.1 Å². The van der Waals surface area contributed by atoms with Crippen molar-refractivity contribution in [1.82, 2.24) is 8.87 Å². The van der Waals surface area contributed by atoms with E-state index in [4.69, 9.17) is 4.74 Å². The summed E-state index contributed by atoms with van der Waals surface area (Å²) in [4.78, 5) is 25.4. The second-order valence-corrected chi connectivity index (χ2v) is 9.88. The number of sulfonamides is 1. The third-order valence-electron chi connectivity index (χ3n) is 6.05. The molecule has 0 amide bonds. The Balaban J connectivity index is 1.67. The summed E-state index contributed by atoms with van der Waals surface area (Å²) in [6.45, 7) is 1.79. The molecule has 0 spiro atoms. The van der Waals surface area contributed by atoms with E-state index in [0.717, 1.165) is 12.3 Å². The van der Waals surface area contributed by atoms with Crippen LogP contribution in [0.15, 0.2) is 46.2 Å². The number of aromatic carboxylic acids is 1. The minimum Gasteiger partial charge on any atom is -0.497 e. The van der Waals surface area contributed by atoms with E-state index < -0.39 is 38.6 Å². The van der Waals surface area contributed by atoms with Gasteiger partial charge in [0.05, 0.1) is 22.9 Å². The predicted molar refractivity (Wildman–Crippen MR) is 125 cm³/mol. The smallest absolute Gasteiger partial charge is 0.341 e. The van der Waals surface area contributed by atoms with E-state index in [0.29, 0.717) is 5.75 Å². The molecule has 1 N–H and O–H groups in total. The Morgan fingerprint density at radius 1 is 1.11 bits per heavy atom. The first kappa shape index (κ1) is 24.6. The van der Waals surface area contributed by atoms with Gasteiger partial charge in [-0.3, -0.25) is 4.79 Å². The minimum absolute atomic E-state index is 0.0101. The van der Waals surface area contributed by atoms with Crippen LogP contribution in [0.1, 0.15) is 17.3 Å². The van der Waals surface area contributed by atoms with Crippen molar-refractivity contribution in [2.24, 2.45) is 0 Å². The van der Waals surface area contributed by atoms with E-state index in [1.54, 1.807) is 6.92 Å². The van der Waals surface area contributed by atoms with E-state index in [2.05, 4.69) is 0 Å². The Kier molecular flexibility index (Phi) is 6.52. The molecule has 0 unspecified atom stereocenters. The van der Waals surface area contributed by atoms with Crippen LogP contribution in [-0.2, 0) is 16.6 Å². The number of pyridine rings is 1. The molecule has 0 atom stereocenters. The number of ether oxygens (including phenoxy) is 1. The maximum absolute atomic E-state index is 15.6. The zero-order valence-corrected chi connectivity index (χ0v) is 19.8. The molecule has 2 aromatic carbocycles. The highest BCUT2D eigenvalue weighted by molar-refractivity contribution is 7.89. The summed E-state index contributed by atoms with van der Waals surface area (Å²) >= 11 is 0. The molecule has 1 aliphatic rings. The largest absolute Gasteiger partial charge is 0.497 e. The molecular weight excluding hydrogens is 484 g/mol. The molecule has 1 saturated heterocycles. The summed E-state index contributed by atoms with van der Waals surface area (Å²) in [6, 6.07) is 6.77. The van der Waals surface area contributed by atoms with Gasteiger partial charge in [0.15, 0.2) is 5.82 Å². The number of piperazine rings is 1. The molecule has 1 aliphatic heterocycles. The fraction of sp³-hybridized carbons (Fsp3) is 0.304. The lowest BCUT2D eigenvalue weighted by Crippen LogP contribution is -2.49. The molecule has 0 bridgehead atoms. The van der Waals surface area contributed by atoms with Crippen LogP contribution in [0, 0.1) is 11.6 Å². The van der Waals surface area contributed by atoms with Crippen molar-refractivity contribution in [2.75, 3.05) is 38.2 Å². The van der Waals surface area contributed by atoms with Crippen molar-refractivity contribution < 1.29 is 31.8 Å². The number of aromatic nitrogens is 1. The summed E-state index contributed by atoms with van der Waals surface area (Å²) in [5, 5.41) is 8.90. The van der Waals surface area contributed by atoms with Crippen molar-refractivity contribution in [3.05, 3.63) is 63.9 Å². The van der Waals surface area contributed by atoms with Gasteiger partial charge in [-0.05, 0) is 37.3 Å². The quantitative estimate of drug-likeness (QED) is 0.546. The van der Waals surface area contributed by atoms with Gasteiger partial charge in [0, 0.05) is 38.9 Å². The molecule has 0 saturated carbocycles. The van der Waals surface area contributed by atoms with Gasteiger partial charge in [-0.15, -0.1) is 0 Å². The van der Waals surface area contributed by atoms with Gasteiger partial charge < -0.3 is 19.3 Å². The maximum Gasteiger partial charge on any atom is 0.341 e. The van der Waals surface area contributed by atoms with Gasteiger partial charge in [-0.2, -0.15) is 4.31 Å². The van der Waals surface area contributed by atoms with Crippen LogP contribution in [0.4, 0.5) is 14.5 Å². The van der Waals surface area contributed by atoms with Crippen molar-refractivity contribution in [3.8, 4) is 5.75 Å². The number of carbonyl (C=O) groups is 1. The van der Waals surface area contributed by atoms with Crippen LogP contribution in [0.3, 0.4) is 0 Å². The van der Waals surface area contributed by atoms with Crippen molar-refractivity contribution >= 4 is 32.6 Å². The van der Waals surface area contributed by atoms with Crippen LogP contribution in [0.5, 0.6) is 5.75 Å². The second kappa shape index (κ2) is 9.27. The molecule has 3 aromatic rings. The van der Waals surface area contributed by atoms with E-state index in [1.807, 2.05) is 0 Å². The van der Waals surface area contributed by atoms with Crippen molar-refractivity contribution in [1.29, 1.82) is 0 Å². The van der Waals surface area contributed by atoms with E-state index in [-0.39, 0.29) is 54.2 Å². The number of halogens is 2. The number of carboxylic acid groups (broad SMARTS) is 1. The molecule has 2 heterocycles. The monoisotopic (exact) mass is 507 g/mol. The predicted octanol–water partition coefficient (Wildman–Crippen LogP) is 2.52. The fourth-order valence-electron chi connectivity index (χ4n) is 4.22. The van der Waals surface area contributed by atoms with Gasteiger partial charge in [-0.25, -0.2) is 22.0 Å². The van der Waals surface area contributed by atoms with Gasteiger partial charge >= 0.3 is 5.97 Å². The third-order valence-corrected chi connectivity index (χ3v) is 7.97. The van der Waals surface area contributed by atoms with Gasteiger partial charge in [0.2, 0.25) is 15.5 Å². The molecule has 4 rings (SSSR count). The summed E-state index contributed by atoms with van der Waals surface area (Å²) in [5.41, 5.74) is -2.14. The van der Waals surface area contributed by atoms with Crippen LogP contribution in [0.25, 0.3) is 10.9 Å². The number of methoxy groups -OCH3 is 1. The van der Waals surface area contributed by atoms with Gasteiger partial charge in [-0.1, -0.05) is 0 Å². The summed E-state index contributed by atoms with van der Waals surface area (Å²) < 4.78 is 64.2. The number of fused-ring (bicyclic) bond motifs is 1. The van der Waals surface area contributed by atoms with Crippen LogP contribution in [0.2, 0.25) is 0 Å². The Bertz CT molecular complexity index is 1460. The number of benzene rings is 2. The minimum atomic E-state index is -3.81. The van der Waals surface area contributed by atoms with Crippen LogP contribution < -0.4 is 15.1 Å². The molecular formula is C23H23F2N3O6S. The summed E-state index contributed by atoms with van der Waals surface area (Å²) in [7, 11) is -2.34. The number of hydrogen-bond donors (Lipinski definition) is 1. The number of aryl methyl sites for hydroxylation is 1. The summed E-state index contributed by atoms with van der Waals surface area (Å²) in [6.07, 6.45) is 1.04. The SMILES string of the molecule is CCn1cc(C(=O)O)c(=O)c2cc(F)c(N3CCN(S(=O)(=O)c4ccc(OC)cc4)CC3)c(F)c21. The highest BCUT2D eigenvalue weighted by Gasteiger charge is 2.32. The second-order valence-electron chi connectivity index (χ2n) is 7.95. The molecule has 1 fully saturated rings. The fourth-order valence-corrected chi connectivity index (χ4v) is 5.64. The average Bonchev–Trinajstić information content (AvgIpc) is 2.84. The Hall–Kier alpha value is -3.51. The molecule has 0 aliphatic carbocycles. The third kappa shape index (κ3) is 4.23. The zero-order valence-electron chi connectivity index (χ0n) is 19.0. The molecule has 0 radical (unpaired) electrons. The van der Waals surface area contributed by atoms with Gasteiger partial charge in [0.1, 0.15) is 22.8 Å². The highest BCUT2D eigenvalue weighted by atomic mass is 32.2. The standard InChI is InChI=1S/C23H23F2N3O6S/c1-3-26-13-17(23(30)31)22(29)16-12-18(24)21(19(25)20(16)26)27-8-10-28(11-9-27)35(32,33)15-6-4-14(34-2)5-7-15/h4-7,12-13H,3,8-11H2,1-2H3,(H,30,31). The van der Waals surface area contributed by atoms with Gasteiger partial charge in [0.25, 0.3) is 0 Å². The Morgan fingerprint density at radius 2 is 1.74 bits per heavy atom. The van der Waals surface area contributed by atoms with Crippen LogP contribution >= 0.6 is 0 Å². The topological polar surface area (TPSA) is 109 Å². The highest BCUT2D eigenvalue weighted by Crippen LogP contribution is 2.31. The van der Waals surface area contributed by atoms with Crippen molar-refractivity contribution in [2.45, 2.75) is 18.4 Å². The lowest BCUT2D eigenvalue weighted by molar-refractivity contribution is 0.0694. The normalized spacial score (nSPS) is 14.9. The number of carboxylic acids is 1. The molecule has 12 heteroatoms. The zero-order chi connectivity index (χ0) is 25.5. The van der Waals surface area contributed by atoms with Crippen LogP contribution in [-0.4, -0.2) is 61.7 Å². The summed E-state index contributed by atoms with van der Waals surface area (Å²) in [5.74, 6) is -3.00. The Labute approximate surface area is 199 Å². The lowest BCUT2D eigenvalue weighted by Gasteiger charge is -2.35. The van der Waals surface area contributed by atoms with Crippen molar-refractivity contribution in [3.63, 3.8) is 0 Å². The first-order valence-electron chi connectivity index (χ1n) is 10.8. The molecule has 35 heavy (non-hydrogen) atoms. The van der Waals surface area contributed by atoms with E-state index >= 15 is 8.78 Å². The first-order valence-corrected chi connectivity index (χ1v) is 12.2.